The Hall–Kier alpha value is -2.66. The quantitative estimate of drug-likeness (QED) is 0.730. The smallest absolute Gasteiger partial charge is 0.251 e. The molecule has 2 rings (SSSR count). The van der Waals surface area contributed by atoms with Crippen molar-refractivity contribution >= 4 is 11.8 Å². The molecule has 2 aromatic rings. The van der Waals surface area contributed by atoms with Crippen LogP contribution in [-0.4, -0.2) is 18.4 Å². The maximum absolute atomic E-state index is 12.2. The molecule has 0 saturated heterocycles. The first-order chi connectivity index (χ1) is 11.6. The van der Waals surface area contributed by atoms with Crippen LogP contribution in [0.15, 0.2) is 48.5 Å². The molecule has 0 bridgehead atoms. The Morgan fingerprint density at radius 3 is 2.29 bits per heavy atom. The lowest BCUT2D eigenvalue weighted by molar-refractivity contribution is 0.0946. The molecule has 0 aromatic heterocycles. The van der Waals surface area contributed by atoms with Crippen molar-refractivity contribution in [2.75, 3.05) is 6.54 Å². The van der Waals surface area contributed by atoms with E-state index in [1.54, 1.807) is 24.3 Å². The molecule has 0 fully saturated rings. The van der Waals surface area contributed by atoms with Gasteiger partial charge in [-0.05, 0) is 41.8 Å². The molecule has 2 aromatic carbocycles. The highest BCUT2D eigenvalue weighted by molar-refractivity contribution is 5.95. The third kappa shape index (κ3) is 4.93. The minimum absolute atomic E-state index is 0.0950. The van der Waals surface area contributed by atoms with Crippen molar-refractivity contribution in [2.45, 2.75) is 26.4 Å². The average Bonchev–Trinajstić information content (AvgIpc) is 2.64. The fraction of sp³-hybridized carbons (Fsp3) is 0.263. The van der Waals surface area contributed by atoms with Crippen LogP contribution in [0, 0.1) is 0 Å². The SMILES string of the molecule is CCCNC(=O)c1cccc(CNC(=O)c2ccc(CN)cc2)c1. The Morgan fingerprint density at radius 1 is 0.917 bits per heavy atom. The Balaban J connectivity index is 1.95. The Labute approximate surface area is 142 Å². The lowest BCUT2D eigenvalue weighted by Gasteiger charge is -2.08. The lowest BCUT2D eigenvalue weighted by atomic mass is 10.1. The van der Waals surface area contributed by atoms with Crippen LogP contribution in [0.3, 0.4) is 0 Å². The van der Waals surface area contributed by atoms with Gasteiger partial charge in [-0.25, -0.2) is 0 Å². The summed E-state index contributed by atoms with van der Waals surface area (Å²) < 4.78 is 0. The molecular formula is C19H23N3O2. The van der Waals surface area contributed by atoms with Gasteiger partial charge in [0.1, 0.15) is 0 Å². The van der Waals surface area contributed by atoms with Crippen LogP contribution in [-0.2, 0) is 13.1 Å². The van der Waals surface area contributed by atoms with Gasteiger partial charge in [0.2, 0.25) is 0 Å². The van der Waals surface area contributed by atoms with Crippen LogP contribution in [0.2, 0.25) is 0 Å². The van der Waals surface area contributed by atoms with Crippen LogP contribution in [0.1, 0.15) is 45.2 Å². The molecule has 0 radical (unpaired) electrons. The largest absolute Gasteiger partial charge is 0.352 e. The first-order valence-corrected chi connectivity index (χ1v) is 8.08. The second-order valence-electron chi connectivity index (χ2n) is 5.54. The molecule has 5 nitrogen and oxygen atoms in total. The van der Waals surface area contributed by atoms with Crippen molar-refractivity contribution in [3.05, 3.63) is 70.8 Å². The van der Waals surface area contributed by atoms with Crippen molar-refractivity contribution in [2.24, 2.45) is 5.73 Å². The summed E-state index contributed by atoms with van der Waals surface area (Å²) in [4.78, 5) is 24.1. The molecular weight excluding hydrogens is 302 g/mol. The van der Waals surface area contributed by atoms with E-state index in [2.05, 4.69) is 10.6 Å². The van der Waals surface area contributed by atoms with E-state index >= 15 is 0 Å². The summed E-state index contributed by atoms with van der Waals surface area (Å²) in [6.07, 6.45) is 0.893. The number of rotatable bonds is 7. The highest BCUT2D eigenvalue weighted by Crippen LogP contribution is 2.07. The van der Waals surface area contributed by atoms with E-state index in [0.29, 0.717) is 30.8 Å². The van der Waals surface area contributed by atoms with E-state index in [4.69, 9.17) is 5.73 Å². The number of nitrogens with two attached hydrogens (primary N) is 1. The topological polar surface area (TPSA) is 84.2 Å². The van der Waals surface area contributed by atoms with E-state index in [9.17, 15) is 9.59 Å². The highest BCUT2D eigenvalue weighted by Gasteiger charge is 2.08. The van der Waals surface area contributed by atoms with Gasteiger partial charge in [0.25, 0.3) is 11.8 Å². The number of benzene rings is 2. The summed E-state index contributed by atoms with van der Waals surface area (Å²) in [5, 5.41) is 5.70. The molecule has 24 heavy (non-hydrogen) atoms. The normalized spacial score (nSPS) is 10.2. The molecule has 4 N–H and O–H groups in total. The summed E-state index contributed by atoms with van der Waals surface area (Å²) in [6.45, 7) is 3.48. The van der Waals surface area contributed by atoms with Crippen molar-refractivity contribution in [3.63, 3.8) is 0 Å². The molecule has 0 heterocycles. The van der Waals surface area contributed by atoms with Gasteiger partial charge in [0, 0.05) is 30.8 Å². The predicted octanol–water partition coefficient (Wildman–Crippen LogP) is 2.22. The van der Waals surface area contributed by atoms with Crippen molar-refractivity contribution in [1.82, 2.24) is 10.6 Å². The zero-order valence-corrected chi connectivity index (χ0v) is 13.8. The van der Waals surface area contributed by atoms with E-state index in [1.807, 2.05) is 31.2 Å². The number of hydrogen-bond acceptors (Lipinski definition) is 3. The van der Waals surface area contributed by atoms with E-state index in [-0.39, 0.29) is 11.8 Å². The number of nitrogens with one attached hydrogen (secondary N) is 2. The van der Waals surface area contributed by atoms with Gasteiger partial charge in [-0.15, -0.1) is 0 Å². The summed E-state index contributed by atoms with van der Waals surface area (Å²) >= 11 is 0. The summed E-state index contributed by atoms with van der Waals surface area (Å²) in [5.74, 6) is -0.248. The Bertz CT molecular complexity index is 696. The molecule has 126 valence electrons. The van der Waals surface area contributed by atoms with Gasteiger partial charge >= 0.3 is 0 Å². The van der Waals surface area contributed by atoms with Crippen LogP contribution < -0.4 is 16.4 Å². The number of carbonyl (C=O) groups excluding carboxylic acids is 2. The molecule has 0 atom stereocenters. The fourth-order valence-electron chi connectivity index (χ4n) is 2.24. The maximum Gasteiger partial charge on any atom is 0.251 e. The van der Waals surface area contributed by atoms with Crippen LogP contribution in [0.5, 0.6) is 0 Å². The van der Waals surface area contributed by atoms with E-state index in [0.717, 1.165) is 17.5 Å². The molecule has 0 saturated carbocycles. The van der Waals surface area contributed by atoms with E-state index in [1.165, 1.54) is 0 Å². The van der Waals surface area contributed by atoms with Gasteiger partial charge in [-0.3, -0.25) is 9.59 Å². The van der Waals surface area contributed by atoms with Gasteiger partial charge in [-0.2, -0.15) is 0 Å². The first-order valence-electron chi connectivity index (χ1n) is 8.08. The Morgan fingerprint density at radius 2 is 1.62 bits per heavy atom. The van der Waals surface area contributed by atoms with Gasteiger partial charge in [-0.1, -0.05) is 31.2 Å². The van der Waals surface area contributed by atoms with Gasteiger partial charge in [0.15, 0.2) is 0 Å². The van der Waals surface area contributed by atoms with Crippen molar-refractivity contribution in [3.8, 4) is 0 Å². The average molecular weight is 325 g/mol. The van der Waals surface area contributed by atoms with Crippen LogP contribution in [0.4, 0.5) is 0 Å². The monoisotopic (exact) mass is 325 g/mol. The lowest BCUT2D eigenvalue weighted by Crippen LogP contribution is -2.25. The standard InChI is InChI=1S/C19H23N3O2/c1-2-10-21-19(24)17-5-3-4-15(11-17)13-22-18(23)16-8-6-14(12-20)7-9-16/h3-9,11H,2,10,12-13,20H2,1H3,(H,21,24)(H,22,23). The van der Waals surface area contributed by atoms with Gasteiger partial charge in [0.05, 0.1) is 0 Å². The summed E-state index contributed by atoms with van der Waals surface area (Å²) in [7, 11) is 0. The minimum atomic E-state index is -0.153. The molecule has 5 heteroatoms. The van der Waals surface area contributed by atoms with E-state index < -0.39 is 0 Å². The molecule has 2 amide bonds. The molecule has 0 aliphatic carbocycles. The zero-order valence-electron chi connectivity index (χ0n) is 13.8. The molecule has 0 spiro atoms. The molecule has 0 aliphatic heterocycles. The number of hydrogen-bond donors (Lipinski definition) is 3. The van der Waals surface area contributed by atoms with Crippen LogP contribution in [0.25, 0.3) is 0 Å². The maximum atomic E-state index is 12.2. The van der Waals surface area contributed by atoms with Crippen molar-refractivity contribution < 1.29 is 9.59 Å². The van der Waals surface area contributed by atoms with Crippen molar-refractivity contribution in [1.29, 1.82) is 0 Å². The van der Waals surface area contributed by atoms with Crippen LogP contribution >= 0.6 is 0 Å². The number of amides is 2. The third-order valence-electron chi connectivity index (χ3n) is 3.63. The second-order valence-corrected chi connectivity index (χ2v) is 5.54. The van der Waals surface area contributed by atoms with Gasteiger partial charge < -0.3 is 16.4 Å². The summed E-state index contributed by atoms with van der Waals surface area (Å²) in [5.41, 5.74) is 8.60. The minimum Gasteiger partial charge on any atom is -0.352 e. The highest BCUT2D eigenvalue weighted by atomic mass is 16.2. The Kier molecular flexibility index (Phi) is 6.51. The first kappa shape index (κ1) is 17.7. The predicted molar refractivity (Wildman–Crippen MR) is 94.6 cm³/mol. The molecule has 0 aliphatic rings. The second kappa shape index (κ2) is 8.84. The number of carbonyl (C=O) groups is 2. The molecule has 0 unspecified atom stereocenters. The third-order valence-corrected chi connectivity index (χ3v) is 3.63. The summed E-state index contributed by atoms with van der Waals surface area (Å²) in [6, 6.07) is 14.5. The zero-order chi connectivity index (χ0) is 17.4. The fourth-order valence-corrected chi connectivity index (χ4v) is 2.24.